The van der Waals surface area contributed by atoms with E-state index in [-0.39, 0.29) is 6.10 Å². The molecule has 0 amide bonds. The van der Waals surface area contributed by atoms with Gasteiger partial charge in [0.2, 0.25) is 0 Å². The van der Waals surface area contributed by atoms with Crippen molar-refractivity contribution in [1.29, 1.82) is 0 Å². The van der Waals surface area contributed by atoms with Gasteiger partial charge in [-0.25, -0.2) is 5.90 Å². The van der Waals surface area contributed by atoms with Gasteiger partial charge in [0.05, 0.1) is 6.10 Å². The van der Waals surface area contributed by atoms with Crippen molar-refractivity contribution in [3.8, 4) is 0 Å². The van der Waals surface area contributed by atoms with E-state index < -0.39 is 0 Å². The van der Waals surface area contributed by atoms with Crippen LogP contribution in [0.5, 0.6) is 0 Å². The first-order valence-electron chi connectivity index (χ1n) is 4.13. The summed E-state index contributed by atoms with van der Waals surface area (Å²) >= 11 is 0. The first kappa shape index (κ1) is 9.23. The first-order chi connectivity index (χ1) is 5.72. The molecule has 0 saturated carbocycles. The van der Waals surface area contributed by atoms with Crippen LogP contribution in [0.4, 0.5) is 0 Å². The van der Waals surface area contributed by atoms with Crippen molar-refractivity contribution in [2.45, 2.75) is 26.4 Å². The summed E-state index contributed by atoms with van der Waals surface area (Å²) in [4.78, 5) is 4.68. The maximum atomic E-state index is 5.05. The number of hydrogen-bond donors (Lipinski definition) is 1. The second kappa shape index (κ2) is 4.24. The predicted octanol–water partition coefficient (Wildman–Crippen LogP) is 1.82. The summed E-state index contributed by atoms with van der Waals surface area (Å²) in [5.74, 6) is 5.05. The summed E-state index contributed by atoms with van der Waals surface area (Å²) in [5.41, 5.74) is 2.54. The van der Waals surface area contributed by atoms with Gasteiger partial charge in [0, 0.05) is 6.42 Å². The summed E-state index contributed by atoms with van der Waals surface area (Å²) in [7, 11) is 0. The van der Waals surface area contributed by atoms with Crippen molar-refractivity contribution in [3.05, 3.63) is 35.4 Å². The maximum Gasteiger partial charge on any atom is 0.0799 e. The molecule has 0 radical (unpaired) electrons. The van der Waals surface area contributed by atoms with Crippen molar-refractivity contribution in [2.24, 2.45) is 5.90 Å². The van der Waals surface area contributed by atoms with Gasteiger partial charge >= 0.3 is 0 Å². The molecule has 2 N–H and O–H groups in total. The van der Waals surface area contributed by atoms with Crippen LogP contribution in [0.25, 0.3) is 0 Å². The molecule has 0 bridgehead atoms. The molecule has 2 heteroatoms. The van der Waals surface area contributed by atoms with Gasteiger partial charge in [-0.05, 0) is 19.4 Å². The molecule has 66 valence electrons. The third kappa shape index (κ3) is 2.64. The highest BCUT2D eigenvalue weighted by Gasteiger charge is 2.00. The summed E-state index contributed by atoms with van der Waals surface area (Å²) < 4.78 is 0. The van der Waals surface area contributed by atoms with Crippen LogP contribution in [-0.2, 0) is 11.3 Å². The Morgan fingerprint density at radius 1 is 1.33 bits per heavy atom. The molecular formula is C10H15NO. The molecule has 0 heterocycles. The van der Waals surface area contributed by atoms with Crippen LogP contribution < -0.4 is 5.90 Å². The van der Waals surface area contributed by atoms with E-state index in [1.807, 2.05) is 6.92 Å². The van der Waals surface area contributed by atoms with Crippen LogP contribution in [-0.4, -0.2) is 6.10 Å². The molecule has 0 saturated heterocycles. The molecule has 0 aromatic heterocycles. The monoisotopic (exact) mass is 165 g/mol. The van der Waals surface area contributed by atoms with Crippen LogP contribution in [0.1, 0.15) is 18.1 Å². The highest BCUT2D eigenvalue weighted by atomic mass is 16.6. The highest BCUT2D eigenvalue weighted by molar-refractivity contribution is 5.21. The summed E-state index contributed by atoms with van der Waals surface area (Å²) in [6, 6.07) is 8.40. The van der Waals surface area contributed by atoms with E-state index in [0.29, 0.717) is 0 Å². The third-order valence-electron chi connectivity index (χ3n) is 1.88. The van der Waals surface area contributed by atoms with E-state index in [1.54, 1.807) is 0 Å². The van der Waals surface area contributed by atoms with Crippen LogP contribution in [0.3, 0.4) is 0 Å². The van der Waals surface area contributed by atoms with Crippen molar-refractivity contribution < 1.29 is 4.84 Å². The van der Waals surface area contributed by atoms with Gasteiger partial charge in [0.25, 0.3) is 0 Å². The summed E-state index contributed by atoms with van der Waals surface area (Å²) in [5, 5.41) is 0. The van der Waals surface area contributed by atoms with E-state index in [0.717, 1.165) is 6.42 Å². The normalized spacial score (nSPS) is 12.9. The molecule has 0 aliphatic rings. The Hall–Kier alpha value is -0.860. The minimum atomic E-state index is 0.0905. The molecular weight excluding hydrogens is 150 g/mol. The molecule has 0 aliphatic carbocycles. The fraction of sp³-hybridized carbons (Fsp3) is 0.400. The second-order valence-corrected chi connectivity index (χ2v) is 3.14. The molecule has 12 heavy (non-hydrogen) atoms. The minimum Gasteiger partial charge on any atom is -0.301 e. The molecule has 1 atom stereocenters. The van der Waals surface area contributed by atoms with E-state index in [4.69, 9.17) is 5.90 Å². The minimum absolute atomic E-state index is 0.0905. The van der Waals surface area contributed by atoms with Gasteiger partial charge in [-0.2, -0.15) is 0 Å². The predicted molar refractivity (Wildman–Crippen MR) is 49.6 cm³/mol. The van der Waals surface area contributed by atoms with Crippen molar-refractivity contribution in [1.82, 2.24) is 0 Å². The van der Waals surface area contributed by atoms with Gasteiger partial charge in [0.1, 0.15) is 0 Å². The Morgan fingerprint density at radius 2 is 1.92 bits per heavy atom. The quantitative estimate of drug-likeness (QED) is 0.693. The average molecular weight is 165 g/mol. The number of benzene rings is 1. The van der Waals surface area contributed by atoms with Gasteiger partial charge in [-0.3, -0.25) is 0 Å². The highest BCUT2D eigenvalue weighted by Crippen LogP contribution is 2.06. The SMILES string of the molecule is Cc1ccc(CC(C)ON)cc1. The number of aryl methyl sites for hydroxylation is 1. The van der Waals surface area contributed by atoms with E-state index in [9.17, 15) is 0 Å². The van der Waals surface area contributed by atoms with E-state index >= 15 is 0 Å². The lowest BCUT2D eigenvalue weighted by molar-refractivity contribution is 0.0671. The molecule has 1 aromatic rings. The zero-order chi connectivity index (χ0) is 8.97. The smallest absolute Gasteiger partial charge is 0.0799 e. The van der Waals surface area contributed by atoms with Crippen LogP contribution in [0.15, 0.2) is 24.3 Å². The lowest BCUT2D eigenvalue weighted by Crippen LogP contribution is -2.15. The molecule has 0 fully saturated rings. The molecule has 0 aliphatic heterocycles. The van der Waals surface area contributed by atoms with Crippen LogP contribution in [0.2, 0.25) is 0 Å². The molecule has 2 nitrogen and oxygen atoms in total. The van der Waals surface area contributed by atoms with Gasteiger partial charge in [0.15, 0.2) is 0 Å². The van der Waals surface area contributed by atoms with Crippen LogP contribution in [0, 0.1) is 6.92 Å². The Kier molecular flexibility index (Phi) is 3.26. The standard InChI is InChI=1S/C10H15NO/c1-8-3-5-10(6-4-8)7-9(2)12-11/h3-6,9H,7,11H2,1-2H3. The fourth-order valence-electron chi connectivity index (χ4n) is 1.10. The fourth-order valence-corrected chi connectivity index (χ4v) is 1.10. The largest absolute Gasteiger partial charge is 0.301 e. The van der Waals surface area contributed by atoms with E-state index in [1.165, 1.54) is 11.1 Å². The van der Waals surface area contributed by atoms with Crippen molar-refractivity contribution >= 4 is 0 Å². The third-order valence-corrected chi connectivity index (χ3v) is 1.88. The van der Waals surface area contributed by atoms with E-state index in [2.05, 4.69) is 36.0 Å². The van der Waals surface area contributed by atoms with Gasteiger partial charge in [-0.1, -0.05) is 29.8 Å². The Balaban J connectivity index is 2.58. The number of nitrogens with two attached hydrogens (primary N) is 1. The summed E-state index contributed by atoms with van der Waals surface area (Å²) in [6.45, 7) is 4.03. The second-order valence-electron chi connectivity index (χ2n) is 3.14. The van der Waals surface area contributed by atoms with Crippen molar-refractivity contribution in [2.75, 3.05) is 0 Å². The summed E-state index contributed by atoms with van der Waals surface area (Å²) in [6.07, 6.45) is 0.962. The molecule has 1 unspecified atom stereocenters. The van der Waals surface area contributed by atoms with Gasteiger partial charge in [-0.15, -0.1) is 0 Å². The lowest BCUT2D eigenvalue weighted by atomic mass is 10.1. The average Bonchev–Trinajstić information content (AvgIpc) is 2.09. The first-order valence-corrected chi connectivity index (χ1v) is 4.13. The zero-order valence-electron chi connectivity index (χ0n) is 7.58. The molecule has 1 rings (SSSR count). The van der Waals surface area contributed by atoms with Crippen molar-refractivity contribution in [3.63, 3.8) is 0 Å². The zero-order valence-corrected chi connectivity index (χ0v) is 7.58. The number of hydrogen-bond acceptors (Lipinski definition) is 2. The van der Waals surface area contributed by atoms with Crippen LogP contribution >= 0.6 is 0 Å². The lowest BCUT2D eigenvalue weighted by Gasteiger charge is -2.07. The Morgan fingerprint density at radius 3 is 2.42 bits per heavy atom. The Bertz CT molecular complexity index is 230. The number of rotatable bonds is 3. The topological polar surface area (TPSA) is 35.2 Å². The van der Waals surface area contributed by atoms with Gasteiger partial charge < -0.3 is 4.84 Å². The molecule has 0 spiro atoms. The Labute approximate surface area is 73.3 Å². The maximum absolute atomic E-state index is 5.05. The molecule has 1 aromatic carbocycles.